The highest BCUT2D eigenvalue weighted by Crippen LogP contribution is 2.38. The molecule has 0 saturated carbocycles. The Bertz CT molecular complexity index is 581. The molecule has 2 rings (SSSR count). The van der Waals surface area contributed by atoms with E-state index in [9.17, 15) is 0 Å². The van der Waals surface area contributed by atoms with Crippen LogP contribution in [0.3, 0.4) is 0 Å². The molecule has 0 fully saturated rings. The van der Waals surface area contributed by atoms with Gasteiger partial charge in [-0.1, -0.05) is 68.9 Å². The lowest BCUT2D eigenvalue weighted by molar-refractivity contribution is 1.14. The molecule has 0 bridgehead atoms. The molecule has 0 N–H and O–H groups in total. The second-order valence-corrected chi connectivity index (χ2v) is 6.15. The van der Waals surface area contributed by atoms with Gasteiger partial charge in [-0.25, -0.2) is 0 Å². The van der Waals surface area contributed by atoms with E-state index in [-0.39, 0.29) is 4.83 Å². The van der Waals surface area contributed by atoms with Crippen LogP contribution in [-0.2, 0) is 0 Å². The highest BCUT2D eigenvalue weighted by Gasteiger charge is 2.16. The van der Waals surface area contributed by atoms with Crippen LogP contribution in [0.15, 0.2) is 36.4 Å². The average Bonchev–Trinajstić information content (AvgIpc) is 2.32. The maximum absolute atomic E-state index is 6.22. The monoisotopic (exact) mass is 362 g/mol. The average molecular weight is 364 g/mol. The zero-order chi connectivity index (χ0) is 13.3. The van der Waals surface area contributed by atoms with Crippen LogP contribution in [0.1, 0.15) is 21.5 Å². The zero-order valence-electron chi connectivity index (χ0n) is 9.55. The predicted octanol–water partition coefficient (Wildman–Crippen LogP) is 6.44. The fourth-order valence-corrected chi connectivity index (χ4v) is 3.50. The molecule has 0 amide bonds. The normalized spacial score (nSPS) is 12.5. The van der Waals surface area contributed by atoms with E-state index in [1.165, 1.54) is 0 Å². The second kappa shape index (κ2) is 5.83. The van der Waals surface area contributed by atoms with Crippen LogP contribution in [0.4, 0.5) is 0 Å². The maximum atomic E-state index is 6.22. The van der Waals surface area contributed by atoms with E-state index in [2.05, 4.69) is 15.9 Å². The van der Waals surface area contributed by atoms with Crippen LogP contribution in [0.2, 0.25) is 15.1 Å². The van der Waals surface area contributed by atoms with Gasteiger partial charge in [0.15, 0.2) is 0 Å². The van der Waals surface area contributed by atoms with Gasteiger partial charge in [-0.15, -0.1) is 0 Å². The minimum atomic E-state index is 0.000895. The number of rotatable bonds is 2. The summed E-state index contributed by atoms with van der Waals surface area (Å²) in [6.45, 7) is 2.00. The summed E-state index contributed by atoms with van der Waals surface area (Å²) in [6, 6.07) is 11.3. The van der Waals surface area contributed by atoms with E-state index < -0.39 is 0 Å². The molecule has 2 aromatic rings. The lowest BCUT2D eigenvalue weighted by Crippen LogP contribution is -1.97. The smallest absolute Gasteiger partial charge is 0.0662 e. The van der Waals surface area contributed by atoms with Gasteiger partial charge in [0.05, 0.1) is 4.83 Å². The first-order chi connectivity index (χ1) is 8.50. The van der Waals surface area contributed by atoms with Crippen LogP contribution in [0, 0.1) is 6.92 Å². The highest BCUT2D eigenvalue weighted by atomic mass is 79.9. The fraction of sp³-hybridized carbons (Fsp3) is 0.143. The third-order valence-corrected chi connectivity index (χ3v) is 4.78. The van der Waals surface area contributed by atoms with E-state index in [4.69, 9.17) is 34.8 Å². The Kier molecular flexibility index (Phi) is 4.60. The molecule has 18 heavy (non-hydrogen) atoms. The van der Waals surface area contributed by atoms with E-state index in [0.29, 0.717) is 10.0 Å². The third kappa shape index (κ3) is 2.85. The van der Waals surface area contributed by atoms with Gasteiger partial charge in [0.2, 0.25) is 0 Å². The van der Waals surface area contributed by atoms with Crippen LogP contribution >= 0.6 is 50.7 Å². The topological polar surface area (TPSA) is 0 Å². The van der Waals surface area contributed by atoms with Gasteiger partial charge in [0.25, 0.3) is 0 Å². The molecule has 4 heteroatoms. The Morgan fingerprint density at radius 1 is 0.944 bits per heavy atom. The van der Waals surface area contributed by atoms with Gasteiger partial charge in [0.1, 0.15) is 0 Å². The van der Waals surface area contributed by atoms with E-state index in [0.717, 1.165) is 21.7 Å². The van der Waals surface area contributed by atoms with Crippen molar-refractivity contribution in [1.29, 1.82) is 0 Å². The SMILES string of the molecule is Cc1c(Cl)cccc1C(Br)c1ccc(Cl)cc1Cl. The Morgan fingerprint density at radius 3 is 2.33 bits per heavy atom. The van der Waals surface area contributed by atoms with Crippen molar-refractivity contribution in [1.82, 2.24) is 0 Å². The Labute approximate surface area is 130 Å². The lowest BCUT2D eigenvalue weighted by atomic mass is 10.0. The standard InChI is InChI=1S/C14H10BrCl3/c1-8-10(3-2-4-12(8)17)14(15)11-6-5-9(16)7-13(11)18/h2-7,14H,1H3. The maximum Gasteiger partial charge on any atom is 0.0662 e. The summed E-state index contributed by atoms with van der Waals surface area (Å²) < 4.78 is 0. The van der Waals surface area contributed by atoms with Crippen molar-refractivity contribution >= 4 is 50.7 Å². The number of halogens is 4. The summed E-state index contributed by atoms with van der Waals surface area (Å²) in [7, 11) is 0. The molecule has 0 aliphatic heterocycles. The minimum absolute atomic E-state index is 0.000895. The van der Waals surface area contributed by atoms with Gasteiger partial charge >= 0.3 is 0 Å². The van der Waals surface area contributed by atoms with Crippen molar-refractivity contribution in [3.05, 3.63) is 68.2 Å². The summed E-state index contributed by atoms with van der Waals surface area (Å²) in [5.41, 5.74) is 3.13. The van der Waals surface area contributed by atoms with Gasteiger partial charge in [-0.2, -0.15) is 0 Å². The van der Waals surface area contributed by atoms with Crippen LogP contribution < -0.4 is 0 Å². The fourth-order valence-electron chi connectivity index (χ4n) is 1.77. The Hall–Kier alpha value is -0.210. The number of benzene rings is 2. The number of alkyl halides is 1. The molecule has 0 aromatic heterocycles. The molecule has 0 radical (unpaired) electrons. The van der Waals surface area contributed by atoms with E-state index in [1.54, 1.807) is 6.07 Å². The molecule has 0 aliphatic rings. The first-order valence-corrected chi connectivity index (χ1v) is 7.39. The van der Waals surface area contributed by atoms with Gasteiger partial charge in [-0.3, -0.25) is 0 Å². The predicted molar refractivity (Wildman–Crippen MR) is 83.4 cm³/mol. The first-order valence-electron chi connectivity index (χ1n) is 5.34. The quantitative estimate of drug-likeness (QED) is 0.538. The molecular formula is C14H10BrCl3. The largest absolute Gasteiger partial charge is 0.0843 e. The Balaban J connectivity index is 2.48. The van der Waals surface area contributed by atoms with E-state index in [1.807, 2.05) is 37.3 Å². The minimum Gasteiger partial charge on any atom is -0.0843 e. The molecule has 0 nitrogen and oxygen atoms in total. The summed E-state index contributed by atoms with van der Waals surface area (Å²) >= 11 is 21.9. The van der Waals surface area contributed by atoms with Crippen molar-refractivity contribution in [2.75, 3.05) is 0 Å². The van der Waals surface area contributed by atoms with Crippen molar-refractivity contribution in [3.63, 3.8) is 0 Å². The van der Waals surface area contributed by atoms with Crippen molar-refractivity contribution in [2.45, 2.75) is 11.8 Å². The highest BCUT2D eigenvalue weighted by molar-refractivity contribution is 9.09. The molecular weight excluding hydrogens is 354 g/mol. The van der Waals surface area contributed by atoms with Crippen molar-refractivity contribution < 1.29 is 0 Å². The number of hydrogen-bond acceptors (Lipinski definition) is 0. The lowest BCUT2D eigenvalue weighted by Gasteiger charge is -2.16. The van der Waals surface area contributed by atoms with Gasteiger partial charge < -0.3 is 0 Å². The Morgan fingerprint density at radius 2 is 1.67 bits per heavy atom. The molecule has 0 saturated heterocycles. The molecule has 1 unspecified atom stereocenters. The molecule has 0 heterocycles. The van der Waals surface area contributed by atoms with Crippen LogP contribution in [-0.4, -0.2) is 0 Å². The summed E-state index contributed by atoms with van der Waals surface area (Å²) in [5.74, 6) is 0. The van der Waals surface area contributed by atoms with Crippen LogP contribution in [0.5, 0.6) is 0 Å². The molecule has 0 spiro atoms. The van der Waals surface area contributed by atoms with Crippen molar-refractivity contribution in [3.8, 4) is 0 Å². The molecule has 1 atom stereocenters. The van der Waals surface area contributed by atoms with Gasteiger partial charge in [-0.05, 0) is 41.8 Å². The summed E-state index contributed by atoms with van der Waals surface area (Å²) in [6.07, 6.45) is 0. The summed E-state index contributed by atoms with van der Waals surface area (Å²) in [5, 5.41) is 2.03. The van der Waals surface area contributed by atoms with Gasteiger partial charge in [0, 0.05) is 15.1 Å². The third-order valence-electron chi connectivity index (χ3n) is 2.82. The zero-order valence-corrected chi connectivity index (χ0v) is 13.4. The van der Waals surface area contributed by atoms with E-state index >= 15 is 0 Å². The molecule has 0 aliphatic carbocycles. The second-order valence-electron chi connectivity index (χ2n) is 3.98. The van der Waals surface area contributed by atoms with Crippen molar-refractivity contribution in [2.24, 2.45) is 0 Å². The molecule has 2 aromatic carbocycles. The van der Waals surface area contributed by atoms with Crippen LogP contribution in [0.25, 0.3) is 0 Å². The summed E-state index contributed by atoms with van der Waals surface area (Å²) in [4.78, 5) is 0.000895. The first kappa shape index (κ1) is 14.2. The molecule has 94 valence electrons. The number of hydrogen-bond donors (Lipinski definition) is 0.